The zero-order chi connectivity index (χ0) is 27.8. The molecule has 1 aromatic rings. The van der Waals surface area contributed by atoms with Gasteiger partial charge in [-0.05, 0) is 104 Å². The number of carbonyl (C=O) groups is 2. The van der Waals surface area contributed by atoms with Crippen molar-refractivity contribution < 1.29 is 29.4 Å². The Morgan fingerprint density at radius 3 is 2.59 bits per heavy atom. The third-order valence-corrected chi connectivity index (χ3v) is 10.5. The minimum Gasteiger partial charge on any atom is -0.508 e. The SMILES string of the molecule is COC(=O)C(Cc1ccc(O)cc1)NC(=O)CO/N=C1\C=C2CCC3C4CCC(O)[C@@]4(C)CCC3[C@@]2(C)CC1. The molecule has 1 amide bonds. The van der Waals surface area contributed by atoms with E-state index in [2.05, 4.69) is 30.4 Å². The van der Waals surface area contributed by atoms with Crippen molar-refractivity contribution in [3.63, 3.8) is 0 Å². The number of ether oxygens (including phenoxy) is 1. The van der Waals surface area contributed by atoms with Crippen molar-refractivity contribution in [2.45, 2.75) is 83.8 Å². The van der Waals surface area contributed by atoms with Crippen LogP contribution in [-0.4, -0.2) is 53.7 Å². The number of phenolic OH excluding ortho intramolecular Hbond substituents is 1. The fraction of sp³-hybridized carbons (Fsp3) is 0.645. The Morgan fingerprint density at radius 2 is 1.85 bits per heavy atom. The molecule has 3 saturated carbocycles. The molecule has 0 spiro atoms. The number of methoxy groups -OCH3 is 1. The molecule has 4 aliphatic rings. The minimum atomic E-state index is -0.866. The van der Waals surface area contributed by atoms with E-state index in [1.807, 2.05) is 0 Å². The molecule has 1 aromatic carbocycles. The van der Waals surface area contributed by atoms with Crippen LogP contribution in [0.1, 0.15) is 70.8 Å². The van der Waals surface area contributed by atoms with Crippen molar-refractivity contribution in [3.05, 3.63) is 41.5 Å². The molecule has 5 unspecified atom stereocenters. The highest BCUT2D eigenvalue weighted by molar-refractivity contribution is 5.96. The maximum absolute atomic E-state index is 12.5. The molecule has 7 atom stereocenters. The first-order chi connectivity index (χ1) is 18.6. The lowest BCUT2D eigenvalue weighted by molar-refractivity contribution is -0.145. The number of amides is 1. The van der Waals surface area contributed by atoms with Gasteiger partial charge in [-0.2, -0.15) is 0 Å². The molecule has 5 rings (SSSR count). The van der Waals surface area contributed by atoms with Gasteiger partial charge in [0.2, 0.25) is 0 Å². The highest BCUT2D eigenvalue weighted by atomic mass is 16.6. The van der Waals surface area contributed by atoms with Gasteiger partial charge in [-0.25, -0.2) is 4.79 Å². The van der Waals surface area contributed by atoms with Gasteiger partial charge in [0.05, 0.1) is 18.9 Å². The number of hydrogen-bond donors (Lipinski definition) is 3. The number of nitrogens with one attached hydrogen (secondary N) is 1. The lowest BCUT2D eigenvalue weighted by Gasteiger charge is -2.57. The number of rotatable bonds is 7. The second-order valence-electron chi connectivity index (χ2n) is 12.5. The summed E-state index contributed by atoms with van der Waals surface area (Å²) < 4.78 is 4.85. The van der Waals surface area contributed by atoms with Crippen molar-refractivity contribution in [3.8, 4) is 5.75 Å². The summed E-state index contributed by atoms with van der Waals surface area (Å²) >= 11 is 0. The van der Waals surface area contributed by atoms with Gasteiger partial charge in [0.25, 0.3) is 5.91 Å². The van der Waals surface area contributed by atoms with Crippen LogP contribution in [0.3, 0.4) is 0 Å². The number of hydrogen-bond acceptors (Lipinski definition) is 7. The van der Waals surface area contributed by atoms with Crippen LogP contribution in [0.25, 0.3) is 0 Å². The number of esters is 1. The Kier molecular flexibility index (Phi) is 7.77. The van der Waals surface area contributed by atoms with Crippen LogP contribution in [0.2, 0.25) is 0 Å². The van der Waals surface area contributed by atoms with E-state index in [0.717, 1.165) is 49.8 Å². The number of fused-ring (bicyclic) bond motifs is 5. The van der Waals surface area contributed by atoms with E-state index < -0.39 is 17.9 Å². The quantitative estimate of drug-likeness (QED) is 0.352. The van der Waals surface area contributed by atoms with Gasteiger partial charge in [0.1, 0.15) is 11.8 Å². The first-order valence-electron chi connectivity index (χ1n) is 14.4. The summed E-state index contributed by atoms with van der Waals surface area (Å²) in [7, 11) is 1.28. The third kappa shape index (κ3) is 5.32. The number of allylic oxidation sites excluding steroid dienone is 2. The van der Waals surface area contributed by atoms with Crippen LogP contribution >= 0.6 is 0 Å². The van der Waals surface area contributed by atoms with Gasteiger partial charge in [-0.1, -0.05) is 36.7 Å². The Morgan fingerprint density at radius 1 is 1.08 bits per heavy atom. The number of nitrogens with zero attached hydrogens (tertiary/aromatic N) is 1. The number of phenols is 1. The largest absolute Gasteiger partial charge is 0.508 e. The number of carbonyl (C=O) groups excluding carboxylic acids is 2. The summed E-state index contributed by atoms with van der Waals surface area (Å²) in [5.41, 5.74) is 3.34. The van der Waals surface area contributed by atoms with Gasteiger partial charge >= 0.3 is 5.97 Å². The molecule has 212 valence electrons. The van der Waals surface area contributed by atoms with Crippen LogP contribution < -0.4 is 5.32 Å². The molecule has 8 heteroatoms. The van der Waals surface area contributed by atoms with Crippen LogP contribution in [0, 0.1) is 28.6 Å². The minimum absolute atomic E-state index is 0.0887. The van der Waals surface area contributed by atoms with E-state index >= 15 is 0 Å². The van der Waals surface area contributed by atoms with E-state index in [1.54, 1.807) is 12.1 Å². The maximum Gasteiger partial charge on any atom is 0.328 e. The fourth-order valence-electron chi connectivity index (χ4n) is 8.23. The molecule has 8 nitrogen and oxygen atoms in total. The Balaban J connectivity index is 1.18. The summed E-state index contributed by atoms with van der Waals surface area (Å²) in [4.78, 5) is 30.2. The van der Waals surface area contributed by atoms with Gasteiger partial charge in [-0.3, -0.25) is 4.79 Å². The van der Waals surface area contributed by atoms with Gasteiger partial charge < -0.3 is 25.1 Å². The van der Waals surface area contributed by atoms with E-state index in [1.165, 1.54) is 37.7 Å². The second-order valence-corrected chi connectivity index (χ2v) is 12.5. The van der Waals surface area contributed by atoms with Crippen LogP contribution in [-0.2, 0) is 25.6 Å². The molecule has 0 radical (unpaired) electrons. The Labute approximate surface area is 230 Å². The van der Waals surface area contributed by atoms with Crippen molar-refractivity contribution in [2.75, 3.05) is 13.7 Å². The van der Waals surface area contributed by atoms with Crippen molar-refractivity contribution in [2.24, 2.45) is 33.7 Å². The molecule has 0 saturated heterocycles. The first kappa shape index (κ1) is 27.7. The topological polar surface area (TPSA) is 117 Å². The standard InChI is InChI=1S/C31H42N2O6/c1-30-14-12-21(17-20(30)6-9-23-24-10-11-27(35)31(24,2)15-13-25(23)30)33-39-18-28(36)32-26(29(37)38-3)16-19-4-7-22(34)8-5-19/h4-5,7-8,17,23-27,34-35H,6,9-16,18H2,1-3H3,(H,32,36)/b33-21-/t23?,24?,25?,26?,27?,30-,31-/m0/s1. The molecule has 0 heterocycles. The summed E-state index contributed by atoms with van der Waals surface area (Å²) in [6.45, 7) is 4.45. The van der Waals surface area contributed by atoms with E-state index in [0.29, 0.717) is 17.8 Å². The Bertz CT molecular complexity index is 1150. The first-order valence-corrected chi connectivity index (χ1v) is 14.4. The lowest BCUT2D eigenvalue weighted by Crippen LogP contribution is -2.51. The van der Waals surface area contributed by atoms with Crippen LogP contribution in [0.15, 0.2) is 41.1 Å². The maximum atomic E-state index is 12.5. The molecular formula is C31H42N2O6. The number of benzene rings is 1. The van der Waals surface area contributed by atoms with Gasteiger partial charge in [0.15, 0.2) is 6.61 Å². The molecule has 3 N–H and O–H groups in total. The van der Waals surface area contributed by atoms with Gasteiger partial charge in [0, 0.05) is 6.42 Å². The monoisotopic (exact) mass is 538 g/mol. The van der Waals surface area contributed by atoms with Crippen LogP contribution in [0.4, 0.5) is 0 Å². The van der Waals surface area contributed by atoms with E-state index in [9.17, 15) is 19.8 Å². The lowest BCUT2D eigenvalue weighted by atomic mass is 9.47. The third-order valence-electron chi connectivity index (χ3n) is 10.5. The van der Waals surface area contributed by atoms with E-state index in [4.69, 9.17) is 9.57 Å². The second kappa shape index (κ2) is 11.0. The highest BCUT2D eigenvalue weighted by Gasteiger charge is 2.58. The summed E-state index contributed by atoms with van der Waals surface area (Å²) in [5, 5.41) is 27.1. The number of aliphatic hydroxyl groups is 1. The highest BCUT2D eigenvalue weighted by Crippen LogP contribution is 2.65. The summed E-state index contributed by atoms with van der Waals surface area (Å²) in [6, 6.07) is 5.59. The van der Waals surface area contributed by atoms with Crippen LogP contribution in [0.5, 0.6) is 5.75 Å². The molecule has 39 heavy (non-hydrogen) atoms. The molecular weight excluding hydrogens is 496 g/mol. The average molecular weight is 539 g/mol. The van der Waals surface area contributed by atoms with E-state index in [-0.39, 0.29) is 35.7 Å². The van der Waals surface area contributed by atoms with Crippen molar-refractivity contribution in [1.82, 2.24) is 5.32 Å². The van der Waals surface area contributed by atoms with Gasteiger partial charge in [-0.15, -0.1) is 0 Å². The summed E-state index contributed by atoms with van der Waals surface area (Å²) in [6.07, 6.45) is 10.7. The zero-order valence-electron chi connectivity index (χ0n) is 23.3. The molecule has 3 fully saturated rings. The Hall–Kier alpha value is -2.87. The summed E-state index contributed by atoms with van der Waals surface area (Å²) in [5.74, 6) is 1.09. The number of oxime groups is 1. The molecule has 0 bridgehead atoms. The predicted molar refractivity (Wildman–Crippen MR) is 147 cm³/mol. The number of aliphatic hydroxyl groups excluding tert-OH is 1. The van der Waals surface area contributed by atoms with Crippen molar-refractivity contribution >= 4 is 17.6 Å². The zero-order valence-corrected chi connectivity index (χ0v) is 23.3. The average Bonchev–Trinajstić information content (AvgIpc) is 3.23. The van der Waals surface area contributed by atoms with Crippen molar-refractivity contribution in [1.29, 1.82) is 0 Å². The molecule has 0 aromatic heterocycles. The molecule has 0 aliphatic heterocycles. The smallest absolute Gasteiger partial charge is 0.328 e. The number of aromatic hydroxyl groups is 1. The predicted octanol–water partition coefficient (Wildman–Crippen LogP) is 4.29. The normalized spacial score (nSPS) is 35.2. The molecule has 4 aliphatic carbocycles. The fourth-order valence-corrected chi connectivity index (χ4v) is 8.23.